The zero-order chi connectivity index (χ0) is 12.0. The van der Waals surface area contributed by atoms with Crippen molar-refractivity contribution in [2.45, 2.75) is 12.5 Å². The van der Waals surface area contributed by atoms with Gasteiger partial charge in [-0.1, -0.05) is 29.8 Å². The van der Waals surface area contributed by atoms with Gasteiger partial charge in [0, 0.05) is 17.0 Å². The van der Waals surface area contributed by atoms with Gasteiger partial charge in [-0.05, 0) is 25.1 Å². The first-order valence-electron chi connectivity index (χ1n) is 4.83. The van der Waals surface area contributed by atoms with Gasteiger partial charge in [0.15, 0.2) is 0 Å². The molecule has 86 valence electrons. The smallest absolute Gasteiger partial charge is 0.251 e. The molecule has 0 spiro atoms. The Morgan fingerprint density at radius 3 is 2.56 bits per heavy atom. The highest BCUT2D eigenvalue weighted by atomic mass is 35.5. The van der Waals surface area contributed by atoms with Crippen LogP contribution in [0.1, 0.15) is 17.3 Å². The molecule has 0 aliphatic rings. The van der Waals surface area contributed by atoms with Gasteiger partial charge in [-0.15, -0.1) is 11.6 Å². The van der Waals surface area contributed by atoms with Gasteiger partial charge in [0.05, 0.1) is 5.54 Å². The zero-order valence-electron chi connectivity index (χ0n) is 8.91. The van der Waals surface area contributed by atoms with Crippen LogP contribution in [0.25, 0.3) is 0 Å². The standard InChI is InChI=1S/C12H13Cl2NO/c1-12(9-14,7-8-13)15-11(16)10-5-3-2-4-6-10/h2-8H,9H2,1H3,(H,15,16)/b8-7+. The van der Waals surface area contributed by atoms with Crippen LogP contribution < -0.4 is 5.32 Å². The number of carbonyl (C=O) groups is 1. The van der Waals surface area contributed by atoms with Crippen molar-refractivity contribution < 1.29 is 4.79 Å². The predicted molar refractivity (Wildman–Crippen MR) is 68.0 cm³/mol. The number of halogens is 2. The number of benzene rings is 1. The van der Waals surface area contributed by atoms with Gasteiger partial charge < -0.3 is 5.32 Å². The van der Waals surface area contributed by atoms with Gasteiger partial charge in [0.2, 0.25) is 0 Å². The molecule has 1 amide bonds. The Kier molecular flexibility index (Phi) is 4.84. The lowest BCUT2D eigenvalue weighted by Gasteiger charge is -2.24. The van der Waals surface area contributed by atoms with Crippen LogP contribution in [0.2, 0.25) is 0 Å². The van der Waals surface area contributed by atoms with Crippen molar-refractivity contribution >= 4 is 29.1 Å². The summed E-state index contributed by atoms with van der Waals surface area (Å²) in [5.41, 5.74) is 1.32. The van der Waals surface area contributed by atoms with Crippen molar-refractivity contribution in [2.24, 2.45) is 0 Å². The van der Waals surface area contributed by atoms with Crippen LogP contribution in [0.5, 0.6) is 0 Å². The molecular formula is C12H13Cl2NO. The van der Waals surface area contributed by atoms with Gasteiger partial charge in [-0.2, -0.15) is 0 Å². The fourth-order valence-electron chi connectivity index (χ4n) is 1.18. The molecule has 0 bridgehead atoms. The third-order valence-electron chi connectivity index (χ3n) is 2.14. The summed E-state index contributed by atoms with van der Waals surface area (Å²) in [4.78, 5) is 11.8. The van der Waals surface area contributed by atoms with E-state index in [0.717, 1.165) is 0 Å². The van der Waals surface area contributed by atoms with Crippen LogP contribution in [0.3, 0.4) is 0 Å². The highest BCUT2D eigenvalue weighted by Gasteiger charge is 2.22. The van der Waals surface area contributed by atoms with E-state index in [2.05, 4.69) is 5.32 Å². The molecule has 1 N–H and O–H groups in total. The molecule has 16 heavy (non-hydrogen) atoms. The normalized spacial score (nSPS) is 14.7. The number of hydrogen-bond donors (Lipinski definition) is 1. The predicted octanol–water partition coefficient (Wildman–Crippen LogP) is 3.17. The molecule has 4 heteroatoms. The third kappa shape index (κ3) is 3.54. The van der Waals surface area contributed by atoms with Gasteiger partial charge in [0.1, 0.15) is 0 Å². The Labute approximate surface area is 105 Å². The van der Waals surface area contributed by atoms with Crippen molar-refractivity contribution in [1.29, 1.82) is 0 Å². The van der Waals surface area contributed by atoms with E-state index >= 15 is 0 Å². The lowest BCUT2D eigenvalue weighted by Crippen LogP contribution is -2.45. The van der Waals surface area contributed by atoms with Crippen LogP contribution >= 0.6 is 23.2 Å². The second-order valence-electron chi connectivity index (χ2n) is 3.66. The van der Waals surface area contributed by atoms with Gasteiger partial charge >= 0.3 is 0 Å². The number of amides is 1. The van der Waals surface area contributed by atoms with Crippen LogP contribution in [0.15, 0.2) is 41.9 Å². The van der Waals surface area contributed by atoms with Crippen molar-refractivity contribution in [3.63, 3.8) is 0 Å². The minimum absolute atomic E-state index is 0.168. The molecule has 0 aliphatic heterocycles. The van der Waals surface area contributed by atoms with E-state index in [0.29, 0.717) is 5.56 Å². The fraction of sp³-hybridized carbons (Fsp3) is 0.250. The Morgan fingerprint density at radius 1 is 1.44 bits per heavy atom. The lowest BCUT2D eigenvalue weighted by atomic mass is 10.0. The van der Waals surface area contributed by atoms with Crippen molar-refractivity contribution in [3.8, 4) is 0 Å². The van der Waals surface area contributed by atoms with E-state index in [1.807, 2.05) is 18.2 Å². The Bertz CT molecular complexity index is 378. The summed E-state index contributed by atoms with van der Waals surface area (Å²) in [6.45, 7) is 1.81. The number of rotatable bonds is 4. The monoisotopic (exact) mass is 257 g/mol. The fourth-order valence-corrected chi connectivity index (χ4v) is 1.61. The number of carbonyl (C=O) groups excluding carboxylic acids is 1. The lowest BCUT2D eigenvalue weighted by molar-refractivity contribution is 0.0928. The van der Waals surface area contributed by atoms with E-state index in [1.54, 1.807) is 25.1 Å². The Morgan fingerprint density at radius 2 is 2.06 bits per heavy atom. The van der Waals surface area contributed by atoms with Crippen LogP contribution in [0, 0.1) is 0 Å². The summed E-state index contributed by atoms with van der Waals surface area (Å²) in [6, 6.07) is 8.97. The quantitative estimate of drug-likeness (QED) is 0.826. The van der Waals surface area contributed by atoms with Gasteiger partial charge in [-0.25, -0.2) is 0 Å². The summed E-state index contributed by atoms with van der Waals surface area (Å²) in [5, 5.41) is 2.82. The number of nitrogens with one attached hydrogen (secondary N) is 1. The molecule has 1 aromatic rings. The maximum absolute atomic E-state index is 11.8. The van der Waals surface area contributed by atoms with Gasteiger partial charge in [-0.3, -0.25) is 4.79 Å². The SMILES string of the molecule is CC(/C=C/Cl)(CCl)NC(=O)c1ccccc1. The molecule has 0 saturated heterocycles. The first kappa shape index (κ1) is 13.1. The molecule has 1 unspecified atom stereocenters. The molecule has 0 heterocycles. The van der Waals surface area contributed by atoms with Crippen LogP contribution in [-0.2, 0) is 0 Å². The van der Waals surface area contributed by atoms with Crippen molar-refractivity contribution in [1.82, 2.24) is 5.32 Å². The first-order chi connectivity index (χ1) is 7.61. The maximum atomic E-state index is 11.8. The van der Waals surface area contributed by atoms with Gasteiger partial charge in [0.25, 0.3) is 5.91 Å². The zero-order valence-corrected chi connectivity index (χ0v) is 10.4. The molecule has 0 aromatic heterocycles. The third-order valence-corrected chi connectivity index (χ3v) is 2.82. The minimum Gasteiger partial charge on any atom is -0.342 e. The van der Waals surface area contributed by atoms with E-state index in [4.69, 9.17) is 23.2 Å². The molecule has 1 aromatic carbocycles. The Balaban J connectivity index is 2.78. The largest absolute Gasteiger partial charge is 0.342 e. The van der Waals surface area contributed by atoms with Crippen molar-refractivity contribution in [3.05, 3.63) is 47.5 Å². The van der Waals surface area contributed by atoms with E-state index in [1.165, 1.54) is 5.54 Å². The molecular weight excluding hydrogens is 245 g/mol. The minimum atomic E-state index is -0.629. The van der Waals surface area contributed by atoms with E-state index in [-0.39, 0.29) is 11.8 Å². The second kappa shape index (κ2) is 5.92. The average molecular weight is 258 g/mol. The topological polar surface area (TPSA) is 29.1 Å². The summed E-state index contributed by atoms with van der Waals surface area (Å²) in [5.74, 6) is 0.0907. The maximum Gasteiger partial charge on any atom is 0.251 e. The van der Waals surface area contributed by atoms with Crippen LogP contribution in [-0.4, -0.2) is 17.3 Å². The first-order valence-corrected chi connectivity index (χ1v) is 5.80. The Hall–Kier alpha value is -0.990. The van der Waals surface area contributed by atoms with E-state index < -0.39 is 5.54 Å². The molecule has 0 radical (unpaired) electrons. The molecule has 0 fully saturated rings. The number of hydrogen-bond acceptors (Lipinski definition) is 1. The molecule has 2 nitrogen and oxygen atoms in total. The highest BCUT2D eigenvalue weighted by molar-refractivity contribution is 6.25. The summed E-state index contributed by atoms with van der Waals surface area (Å²) in [6.07, 6.45) is 1.66. The van der Waals surface area contributed by atoms with E-state index in [9.17, 15) is 4.79 Å². The van der Waals surface area contributed by atoms with Crippen LogP contribution in [0.4, 0.5) is 0 Å². The highest BCUT2D eigenvalue weighted by Crippen LogP contribution is 2.11. The molecule has 0 aliphatic carbocycles. The second-order valence-corrected chi connectivity index (χ2v) is 4.18. The molecule has 1 atom stereocenters. The average Bonchev–Trinajstić information content (AvgIpc) is 2.30. The molecule has 0 saturated carbocycles. The summed E-state index contributed by atoms with van der Waals surface area (Å²) < 4.78 is 0. The number of alkyl halides is 1. The summed E-state index contributed by atoms with van der Waals surface area (Å²) in [7, 11) is 0. The summed E-state index contributed by atoms with van der Waals surface area (Å²) >= 11 is 11.3. The molecule has 1 rings (SSSR count). The van der Waals surface area contributed by atoms with Crippen molar-refractivity contribution in [2.75, 3.05) is 5.88 Å².